The van der Waals surface area contributed by atoms with E-state index in [1.54, 1.807) is 0 Å². The van der Waals surface area contributed by atoms with Gasteiger partial charge in [-0.15, -0.1) is 0 Å². The van der Waals surface area contributed by atoms with Crippen LogP contribution in [0.1, 0.15) is 31.4 Å². The third-order valence-electron chi connectivity index (χ3n) is 3.71. The molecule has 4 nitrogen and oxygen atoms in total. The van der Waals surface area contributed by atoms with Gasteiger partial charge in [0, 0.05) is 13.1 Å². The van der Waals surface area contributed by atoms with Crippen molar-refractivity contribution in [3.63, 3.8) is 0 Å². The van der Waals surface area contributed by atoms with Gasteiger partial charge in [0.1, 0.15) is 0 Å². The van der Waals surface area contributed by atoms with E-state index in [1.165, 1.54) is 0 Å². The van der Waals surface area contributed by atoms with E-state index < -0.39 is 6.10 Å². The minimum atomic E-state index is -0.549. The van der Waals surface area contributed by atoms with Crippen LogP contribution in [0.2, 0.25) is 0 Å². The fourth-order valence-electron chi connectivity index (χ4n) is 2.18. The van der Waals surface area contributed by atoms with Crippen molar-refractivity contribution in [1.29, 1.82) is 0 Å². The van der Waals surface area contributed by atoms with Crippen LogP contribution >= 0.6 is 0 Å². The molecule has 1 saturated carbocycles. The molecule has 0 heterocycles. The molecule has 3 atom stereocenters. The van der Waals surface area contributed by atoms with E-state index in [-0.39, 0.29) is 12.2 Å². The molecule has 4 heteroatoms. The van der Waals surface area contributed by atoms with Crippen molar-refractivity contribution in [1.82, 2.24) is 5.32 Å². The molecule has 1 fully saturated rings. The van der Waals surface area contributed by atoms with E-state index >= 15 is 0 Å². The Labute approximate surface area is 120 Å². The van der Waals surface area contributed by atoms with Gasteiger partial charge in [-0.1, -0.05) is 30.3 Å². The molecule has 1 aromatic rings. The molecule has 20 heavy (non-hydrogen) atoms. The summed E-state index contributed by atoms with van der Waals surface area (Å²) in [5, 5.41) is 22.6. The number of aliphatic hydroxyl groups is 2. The van der Waals surface area contributed by atoms with Crippen LogP contribution in [0.5, 0.6) is 0 Å². The standard InChI is InChI=1S/C16H25NO3/c1-12(13-5-3-2-4-6-13)20-11-15(18)9-17-10-16(19)14-7-8-14/h2-6,12,14-19H,7-11H2,1H3. The molecular formula is C16H25NO3. The molecule has 1 aromatic carbocycles. The molecule has 0 radical (unpaired) electrons. The lowest BCUT2D eigenvalue weighted by Crippen LogP contribution is -2.36. The highest BCUT2D eigenvalue weighted by Crippen LogP contribution is 2.32. The molecule has 0 saturated heterocycles. The van der Waals surface area contributed by atoms with Gasteiger partial charge in [0.05, 0.1) is 24.9 Å². The lowest BCUT2D eigenvalue weighted by molar-refractivity contribution is -0.00308. The Morgan fingerprint density at radius 2 is 1.90 bits per heavy atom. The third-order valence-corrected chi connectivity index (χ3v) is 3.71. The van der Waals surface area contributed by atoms with Crippen molar-refractivity contribution in [2.45, 2.75) is 38.1 Å². The lowest BCUT2D eigenvalue weighted by Gasteiger charge is -2.18. The number of hydrogen-bond acceptors (Lipinski definition) is 4. The normalized spacial score (nSPS) is 19.6. The zero-order chi connectivity index (χ0) is 14.4. The first-order chi connectivity index (χ1) is 9.66. The summed E-state index contributed by atoms with van der Waals surface area (Å²) in [5.74, 6) is 0.467. The molecule has 112 valence electrons. The second kappa shape index (κ2) is 7.74. The Morgan fingerprint density at radius 1 is 1.20 bits per heavy atom. The van der Waals surface area contributed by atoms with Crippen molar-refractivity contribution >= 4 is 0 Å². The smallest absolute Gasteiger partial charge is 0.0897 e. The third kappa shape index (κ3) is 5.21. The second-order valence-electron chi connectivity index (χ2n) is 5.60. The average molecular weight is 279 g/mol. The highest BCUT2D eigenvalue weighted by atomic mass is 16.5. The predicted octanol–water partition coefficient (Wildman–Crippen LogP) is 1.49. The van der Waals surface area contributed by atoms with E-state index in [4.69, 9.17) is 4.74 Å². The zero-order valence-corrected chi connectivity index (χ0v) is 12.0. The number of ether oxygens (including phenoxy) is 1. The Bertz CT molecular complexity index is 381. The van der Waals surface area contributed by atoms with Crippen molar-refractivity contribution in [2.24, 2.45) is 5.92 Å². The second-order valence-corrected chi connectivity index (χ2v) is 5.60. The van der Waals surface area contributed by atoms with Crippen LogP contribution < -0.4 is 5.32 Å². The van der Waals surface area contributed by atoms with Crippen molar-refractivity contribution < 1.29 is 14.9 Å². The molecule has 3 N–H and O–H groups in total. The van der Waals surface area contributed by atoms with Gasteiger partial charge in [0.25, 0.3) is 0 Å². The first kappa shape index (κ1) is 15.4. The molecule has 0 aliphatic heterocycles. The van der Waals surface area contributed by atoms with E-state index in [2.05, 4.69) is 5.32 Å². The topological polar surface area (TPSA) is 61.7 Å². The van der Waals surface area contributed by atoms with Crippen LogP contribution in [-0.4, -0.2) is 42.1 Å². The van der Waals surface area contributed by atoms with E-state index in [9.17, 15) is 10.2 Å². The first-order valence-electron chi connectivity index (χ1n) is 7.40. The van der Waals surface area contributed by atoms with Crippen molar-refractivity contribution in [3.05, 3.63) is 35.9 Å². The molecule has 2 rings (SSSR count). The van der Waals surface area contributed by atoms with Crippen molar-refractivity contribution in [3.8, 4) is 0 Å². The number of aliphatic hydroxyl groups excluding tert-OH is 2. The highest BCUT2D eigenvalue weighted by Gasteiger charge is 2.29. The van der Waals surface area contributed by atoms with Gasteiger partial charge in [-0.2, -0.15) is 0 Å². The SMILES string of the molecule is CC(OCC(O)CNCC(O)C1CC1)c1ccccc1. The minimum Gasteiger partial charge on any atom is -0.392 e. The van der Waals surface area contributed by atoms with Gasteiger partial charge < -0.3 is 20.3 Å². The number of nitrogens with one attached hydrogen (secondary N) is 1. The molecule has 0 spiro atoms. The van der Waals surface area contributed by atoms with Gasteiger partial charge in [0.2, 0.25) is 0 Å². The highest BCUT2D eigenvalue weighted by molar-refractivity contribution is 5.16. The first-order valence-corrected chi connectivity index (χ1v) is 7.40. The number of rotatable bonds is 9. The minimum absolute atomic E-state index is 0.0251. The maximum absolute atomic E-state index is 9.84. The summed E-state index contributed by atoms with van der Waals surface area (Å²) in [4.78, 5) is 0. The maximum atomic E-state index is 9.84. The summed E-state index contributed by atoms with van der Waals surface area (Å²) >= 11 is 0. The summed E-state index contributed by atoms with van der Waals surface area (Å²) in [6.45, 7) is 3.27. The fourth-order valence-corrected chi connectivity index (χ4v) is 2.18. The number of hydrogen-bond donors (Lipinski definition) is 3. The molecule has 3 unspecified atom stereocenters. The van der Waals surface area contributed by atoms with Crippen molar-refractivity contribution in [2.75, 3.05) is 19.7 Å². The monoisotopic (exact) mass is 279 g/mol. The summed E-state index contributed by atoms with van der Waals surface area (Å²) < 4.78 is 5.65. The van der Waals surface area contributed by atoms with Gasteiger partial charge in [-0.05, 0) is 31.2 Å². The Hall–Kier alpha value is -0.940. The molecule has 1 aliphatic carbocycles. The summed E-state index contributed by atoms with van der Waals surface area (Å²) in [5.41, 5.74) is 1.11. The Morgan fingerprint density at radius 3 is 2.55 bits per heavy atom. The van der Waals surface area contributed by atoms with Crippen LogP contribution in [0.15, 0.2) is 30.3 Å². The van der Waals surface area contributed by atoms with Gasteiger partial charge in [-0.25, -0.2) is 0 Å². The lowest BCUT2D eigenvalue weighted by atomic mass is 10.1. The van der Waals surface area contributed by atoms with Gasteiger partial charge in [0.15, 0.2) is 0 Å². The summed E-state index contributed by atoms with van der Waals surface area (Å²) in [7, 11) is 0. The van der Waals surface area contributed by atoms with E-state index in [1.807, 2.05) is 37.3 Å². The maximum Gasteiger partial charge on any atom is 0.0897 e. The molecular weight excluding hydrogens is 254 g/mol. The Kier molecular flexibility index (Phi) is 5.98. The molecule has 0 amide bonds. The summed E-state index contributed by atoms with van der Waals surface area (Å²) in [6.07, 6.45) is 1.41. The van der Waals surface area contributed by atoms with Crippen LogP contribution in [0.25, 0.3) is 0 Å². The Balaban J connectivity index is 1.58. The zero-order valence-electron chi connectivity index (χ0n) is 12.0. The summed E-state index contributed by atoms with van der Waals surface area (Å²) in [6, 6.07) is 9.96. The van der Waals surface area contributed by atoms with E-state index in [0.717, 1.165) is 18.4 Å². The van der Waals surface area contributed by atoms with Crippen LogP contribution in [0.3, 0.4) is 0 Å². The quantitative estimate of drug-likeness (QED) is 0.641. The predicted molar refractivity (Wildman–Crippen MR) is 78.4 cm³/mol. The number of benzene rings is 1. The van der Waals surface area contributed by atoms with Gasteiger partial charge in [-0.3, -0.25) is 0 Å². The largest absolute Gasteiger partial charge is 0.392 e. The fraction of sp³-hybridized carbons (Fsp3) is 0.625. The molecule has 1 aliphatic rings. The molecule has 0 aromatic heterocycles. The van der Waals surface area contributed by atoms with E-state index in [0.29, 0.717) is 25.6 Å². The van der Waals surface area contributed by atoms with Crippen LogP contribution in [0, 0.1) is 5.92 Å². The van der Waals surface area contributed by atoms with Crippen LogP contribution in [-0.2, 0) is 4.74 Å². The average Bonchev–Trinajstić information content (AvgIpc) is 3.30. The van der Waals surface area contributed by atoms with Gasteiger partial charge >= 0.3 is 0 Å². The van der Waals surface area contributed by atoms with Crippen LogP contribution in [0.4, 0.5) is 0 Å². The molecule has 0 bridgehead atoms.